The molecular weight excluding hydrogens is 246 g/mol. The van der Waals surface area contributed by atoms with Crippen molar-refractivity contribution in [1.82, 2.24) is 4.90 Å². The third-order valence-corrected chi connectivity index (χ3v) is 4.56. The quantitative estimate of drug-likeness (QED) is 0.623. The van der Waals surface area contributed by atoms with Crippen LogP contribution in [0.3, 0.4) is 0 Å². The lowest BCUT2D eigenvalue weighted by Gasteiger charge is -2.16. The van der Waals surface area contributed by atoms with E-state index in [0.29, 0.717) is 6.54 Å². The molecular formula is C10H19NO5S. The number of hydrogen-bond acceptors (Lipinski definition) is 5. The van der Waals surface area contributed by atoms with Gasteiger partial charge in [-0.15, -0.1) is 0 Å². The highest BCUT2D eigenvalue weighted by atomic mass is 32.2. The summed E-state index contributed by atoms with van der Waals surface area (Å²) in [5.41, 5.74) is 0. The molecule has 0 saturated carbocycles. The number of ether oxygens (including phenoxy) is 1. The predicted octanol–water partition coefficient (Wildman–Crippen LogP) is -0.169. The third kappa shape index (κ3) is 5.16. The van der Waals surface area contributed by atoms with Gasteiger partial charge in [0.15, 0.2) is 9.84 Å². The number of methoxy groups -OCH3 is 1. The fourth-order valence-corrected chi connectivity index (χ4v) is 2.29. The van der Waals surface area contributed by atoms with Crippen LogP contribution >= 0.6 is 0 Å². The molecule has 0 aliphatic heterocycles. The first-order valence-corrected chi connectivity index (χ1v) is 6.98. The average Bonchev–Trinajstić information content (AvgIpc) is 2.26. The minimum absolute atomic E-state index is 0.234. The fourth-order valence-electron chi connectivity index (χ4n) is 1.05. The normalized spacial score (nSPS) is 12.9. The Morgan fingerprint density at radius 3 is 2.29 bits per heavy atom. The smallest absolute Gasteiger partial charge is 0.306 e. The van der Waals surface area contributed by atoms with Crippen LogP contribution < -0.4 is 0 Å². The van der Waals surface area contributed by atoms with Crippen LogP contribution in [0.25, 0.3) is 0 Å². The monoisotopic (exact) mass is 265 g/mol. The zero-order chi connectivity index (χ0) is 13.6. The van der Waals surface area contributed by atoms with Gasteiger partial charge in [-0.2, -0.15) is 0 Å². The molecule has 0 bridgehead atoms. The standard InChI is InChI=1S/C10H19NO5S/c1-5-11(3)9(12)7-17(14,15)8(2)6-10(13)16-4/h8H,5-7H2,1-4H3. The minimum Gasteiger partial charge on any atom is -0.469 e. The maximum atomic E-state index is 11.8. The Morgan fingerprint density at radius 2 is 1.88 bits per heavy atom. The second-order valence-electron chi connectivity index (χ2n) is 3.81. The van der Waals surface area contributed by atoms with Gasteiger partial charge in [-0.25, -0.2) is 8.42 Å². The van der Waals surface area contributed by atoms with Crippen molar-refractivity contribution in [2.75, 3.05) is 26.5 Å². The van der Waals surface area contributed by atoms with Crippen LogP contribution in [0, 0.1) is 0 Å². The number of nitrogens with zero attached hydrogens (tertiary/aromatic N) is 1. The molecule has 0 aromatic carbocycles. The average molecular weight is 265 g/mol. The van der Waals surface area contributed by atoms with E-state index in [-0.39, 0.29) is 6.42 Å². The summed E-state index contributed by atoms with van der Waals surface area (Å²) in [7, 11) is -0.889. The summed E-state index contributed by atoms with van der Waals surface area (Å²) in [5.74, 6) is -1.64. The lowest BCUT2D eigenvalue weighted by Crippen LogP contribution is -2.36. The summed E-state index contributed by atoms with van der Waals surface area (Å²) in [5, 5.41) is -0.913. The van der Waals surface area contributed by atoms with E-state index in [4.69, 9.17) is 0 Å². The van der Waals surface area contributed by atoms with Crippen molar-refractivity contribution in [3.05, 3.63) is 0 Å². The van der Waals surface area contributed by atoms with Gasteiger partial charge >= 0.3 is 5.97 Å². The minimum atomic E-state index is -3.61. The molecule has 0 spiro atoms. The van der Waals surface area contributed by atoms with Crippen LogP contribution in [-0.4, -0.2) is 56.9 Å². The van der Waals surface area contributed by atoms with Crippen molar-refractivity contribution in [1.29, 1.82) is 0 Å². The zero-order valence-corrected chi connectivity index (χ0v) is 11.4. The highest BCUT2D eigenvalue weighted by Gasteiger charge is 2.27. The number of sulfone groups is 1. The van der Waals surface area contributed by atoms with E-state index in [1.54, 1.807) is 6.92 Å². The highest BCUT2D eigenvalue weighted by Crippen LogP contribution is 2.08. The molecule has 100 valence electrons. The van der Waals surface area contributed by atoms with Crippen LogP contribution in [0.2, 0.25) is 0 Å². The Labute approximate surface area is 102 Å². The van der Waals surface area contributed by atoms with Crippen molar-refractivity contribution < 1.29 is 22.7 Å². The molecule has 0 saturated heterocycles. The Hall–Kier alpha value is -1.11. The van der Waals surface area contributed by atoms with Crippen molar-refractivity contribution in [2.24, 2.45) is 0 Å². The highest BCUT2D eigenvalue weighted by molar-refractivity contribution is 7.92. The van der Waals surface area contributed by atoms with E-state index in [9.17, 15) is 18.0 Å². The van der Waals surface area contributed by atoms with E-state index in [2.05, 4.69) is 4.74 Å². The van der Waals surface area contributed by atoms with Gasteiger partial charge < -0.3 is 9.64 Å². The van der Waals surface area contributed by atoms with Gasteiger partial charge in [0, 0.05) is 13.6 Å². The summed E-state index contributed by atoms with van der Waals surface area (Å²) < 4.78 is 27.9. The third-order valence-electron chi connectivity index (χ3n) is 2.52. The van der Waals surface area contributed by atoms with Crippen LogP contribution in [0.5, 0.6) is 0 Å². The molecule has 17 heavy (non-hydrogen) atoms. The second-order valence-corrected chi connectivity index (χ2v) is 6.23. The van der Waals surface area contributed by atoms with Crippen LogP contribution in [-0.2, 0) is 24.2 Å². The maximum Gasteiger partial charge on any atom is 0.306 e. The fraction of sp³-hybridized carbons (Fsp3) is 0.800. The molecule has 0 fully saturated rings. The van der Waals surface area contributed by atoms with E-state index in [1.807, 2.05) is 0 Å². The van der Waals surface area contributed by atoms with Gasteiger partial charge in [0.2, 0.25) is 5.91 Å². The van der Waals surface area contributed by atoms with Crippen molar-refractivity contribution >= 4 is 21.7 Å². The molecule has 0 heterocycles. The Kier molecular flexibility index (Phi) is 6.15. The van der Waals surface area contributed by atoms with E-state index >= 15 is 0 Å². The van der Waals surface area contributed by atoms with Gasteiger partial charge in [0.1, 0.15) is 5.75 Å². The first kappa shape index (κ1) is 15.9. The molecule has 1 atom stereocenters. The van der Waals surface area contributed by atoms with Gasteiger partial charge in [-0.05, 0) is 13.8 Å². The number of esters is 1. The number of rotatable bonds is 6. The molecule has 0 aliphatic rings. The topological polar surface area (TPSA) is 80.8 Å². The van der Waals surface area contributed by atoms with Gasteiger partial charge in [0.25, 0.3) is 0 Å². The first-order valence-electron chi connectivity index (χ1n) is 5.27. The summed E-state index contributed by atoms with van der Waals surface area (Å²) >= 11 is 0. The maximum absolute atomic E-state index is 11.8. The van der Waals surface area contributed by atoms with Gasteiger partial charge in [0.05, 0.1) is 18.8 Å². The summed E-state index contributed by atoms with van der Waals surface area (Å²) in [6.07, 6.45) is -0.234. The van der Waals surface area contributed by atoms with Crippen LogP contribution in [0.15, 0.2) is 0 Å². The van der Waals surface area contributed by atoms with Crippen LogP contribution in [0.1, 0.15) is 20.3 Å². The second kappa shape index (κ2) is 6.58. The molecule has 1 amide bonds. The largest absolute Gasteiger partial charge is 0.469 e. The molecule has 7 heteroatoms. The van der Waals surface area contributed by atoms with E-state index in [1.165, 1.54) is 26.0 Å². The van der Waals surface area contributed by atoms with E-state index in [0.717, 1.165) is 0 Å². The lowest BCUT2D eigenvalue weighted by molar-refractivity contribution is -0.140. The summed E-state index contributed by atoms with van der Waals surface area (Å²) in [4.78, 5) is 23.8. The van der Waals surface area contributed by atoms with Crippen molar-refractivity contribution in [3.63, 3.8) is 0 Å². The molecule has 0 rings (SSSR count). The Morgan fingerprint density at radius 1 is 1.35 bits per heavy atom. The number of amides is 1. The Bertz CT molecular complexity index is 376. The first-order chi connectivity index (χ1) is 7.74. The molecule has 0 aliphatic carbocycles. The van der Waals surface area contributed by atoms with E-state index < -0.39 is 32.7 Å². The van der Waals surface area contributed by atoms with Gasteiger partial charge in [-0.1, -0.05) is 0 Å². The van der Waals surface area contributed by atoms with Crippen molar-refractivity contribution in [3.8, 4) is 0 Å². The lowest BCUT2D eigenvalue weighted by atomic mass is 10.3. The zero-order valence-electron chi connectivity index (χ0n) is 10.6. The Balaban J connectivity index is 4.58. The molecule has 0 aromatic heterocycles. The van der Waals surface area contributed by atoms with Crippen molar-refractivity contribution in [2.45, 2.75) is 25.5 Å². The van der Waals surface area contributed by atoms with Gasteiger partial charge in [-0.3, -0.25) is 9.59 Å². The number of hydrogen-bond donors (Lipinski definition) is 0. The SMILES string of the molecule is CCN(C)C(=O)CS(=O)(=O)C(C)CC(=O)OC. The number of carbonyl (C=O) groups is 2. The summed E-state index contributed by atoms with van der Waals surface area (Å²) in [6, 6.07) is 0. The molecule has 0 radical (unpaired) electrons. The molecule has 6 nitrogen and oxygen atoms in total. The van der Waals surface area contributed by atoms with Crippen LogP contribution in [0.4, 0.5) is 0 Å². The number of carbonyl (C=O) groups excluding carboxylic acids is 2. The molecule has 0 aromatic rings. The predicted molar refractivity (Wildman–Crippen MR) is 63.2 cm³/mol. The summed E-state index contributed by atoms with van der Waals surface area (Å²) in [6.45, 7) is 3.59. The molecule has 0 N–H and O–H groups in total. The molecule has 1 unspecified atom stereocenters.